The zero-order chi connectivity index (χ0) is 16.9. The van der Waals surface area contributed by atoms with E-state index in [4.69, 9.17) is 18.9 Å². The van der Waals surface area contributed by atoms with E-state index in [-0.39, 0.29) is 6.04 Å². The van der Waals surface area contributed by atoms with E-state index in [1.54, 1.807) is 14.2 Å². The lowest BCUT2D eigenvalue weighted by Gasteiger charge is -2.20. The van der Waals surface area contributed by atoms with Gasteiger partial charge < -0.3 is 24.3 Å². The van der Waals surface area contributed by atoms with Gasteiger partial charge in [0.05, 0.1) is 14.2 Å². The maximum atomic E-state index is 5.63. The highest BCUT2D eigenvalue weighted by atomic mass is 16.6. The van der Waals surface area contributed by atoms with Gasteiger partial charge in [0.25, 0.3) is 0 Å². The molecule has 0 bridgehead atoms. The van der Waals surface area contributed by atoms with E-state index in [9.17, 15) is 0 Å². The van der Waals surface area contributed by atoms with Crippen LogP contribution in [0.1, 0.15) is 24.1 Å². The molecule has 0 unspecified atom stereocenters. The van der Waals surface area contributed by atoms with E-state index in [2.05, 4.69) is 18.3 Å². The number of ether oxygens (including phenoxy) is 4. The molecule has 1 heterocycles. The summed E-state index contributed by atoms with van der Waals surface area (Å²) in [6.07, 6.45) is 0. The van der Waals surface area contributed by atoms with Gasteiger partial charge in [0.15, 0.2) is 11.5 Å². The molecule has 2 aromatic carbocycles. The van der Waals surface area contributed by atoms with E-state index in [0.29, 0.717) is 13.2 Å². The van der Waals surface area contributed by atoms with Crippen molar-refractivity contribution in [3.8, 4) is 23.0 Å². The van der Waals surface area contributed by atoms with Crippen molar-refractivity contribution in [2.75, 3.05) is 27.4 Å². The first-order valence-electron chi connectivity index (χ1n) is 8.05. The first-order chi connectivity index (χ1) is 11.7. The molecule has 1 atom stereocenters. The molecule has 1 aliphatic rings. The first-order valence-corrected chi connectivity index (χ1v) is 8.05. The Bertz CT molecular complexity index is 702. The van der Waals surface area contributed by atoms with Crippen molar-refractivity contribution in [2.24, 2.45) is 0 Å². The topological polar surface area (TPSA) is 49.0 Å². The van der Waals surface area contributed by atoms with Crippen LogP contribution >= 0.6 is 0 Å². The maximum absolute atomic E-state index is 5.63. The summed E-state index contributed by atoms with van der Waals surface area (Å²) in [4.78, 5) is 0. The maximum Gasteiger partial charge on any atom is 0.161 e. The minimum absolute atomic E-state index is 0.138. The van der Waals surface area contributed by atoms with Crippen molar-refractivity contribution in [1.82, 2.24) is 5.32 Å². The summed E-state index contributed by atoms with van der Waals surface area (Å²) in [5.74, 6) is 3.23. The second kappa shape index (κ2) is 7.45. The smallest absolute Gasteiger partial charge is 0.161 e. The highest BCUT2D eigenvalue weighted by Gasteiger charge is 2.14. The van der Waals surface area contributed by atoms with E-state index in [0.717, 1.165) is 40.7 Å². The first kappa shape index (κ1) is 16.5. The minimum atomic E-state index is 0.138. The highest BCUT2D eigenvalue weighted by molar-refractivity contribution is 5.44. The van der Waals surface area contributed by atoms with E-state index in [1.807, 2.05) is 30.3 Å². The summed E-state index contributed by atoms with van der Waals surface area (Å²) in [6, 6.07) is 12.1. The van der Waals surface area contributed by atoms with Crippen LogP contribution in [0.2, 0.25) is 0 Å². The summed E-state index contributed by atoms with van der Waals surface area (Å²) >= 11 is 0. The lowest BCUT2D eigenvalue weighted by molar-refractivity contribution is 0.171. The molecule has 1 aliphatic heterocycles. The van der Waals surface area contributed by atoms with E-state index in [1.165, 1.54) is 0 Å². The lowest BCUT2D eigenvalue weighted by Crippen LogP contribution is -2.19. The summed E-state index contributed by atoms with van der Waals surface area (Å²) in [5.41, 5.74) is 2.24. The third-order valence-electron chi connectivity index (χ3n) is 4.13. The normalized spacial score (nSPS) is 14.1. The number of methoxy groups -OCH3 is 2. The van der Waals surface area contributed by atoms with Crippen LogP contribution in [0.4, 0.5) is 0 Å². The Balaban J connectivity index is 1.68. The third kappa shape index (κ3) is 3.57. The molecule has 1 N–H and O–H groups in total. The van der Waals surface area contributed by atoms with Crippen LogP contribution in [0.5, 0.6) is 23.0 Å². The Hall–Kier alpha value is -2.40. The Morgan fingerprint density at radius 3 is 2.54 bits per heavy atom. The average molecular weight is 329 g/mol. The van der Waals surface area contributed by atoms with Gasteiger partial charge in [-0.3, -0.25) is 0 Å². The molecular weight excluding hydrogens is 306 g/mol. The van der Waals surface area contributed by atoms with Gasteiger partial charge in [0.1, 0.15) is 24.7 Å². The van der Waals surface area contributed by atoms with Crippen LogP contribution in [0, 0.1) is 0 Å². The van der Waals surface area contributed by atoms with Gasteiger partial charge in [-0.15, -0.1) is 0 Å². The van der Waals surface area contributed by atoms with Crippen LogP contribution in [0.3, 0.4) is 0 Å². The van der Waals surface area contributed by atoms with E-state index < -0.39 is 0 Å². The fraction of sp³-hybridized carbons (Fsp3) is 0.368. The molecule has 5 heteroatoms. The summed E-state index contributed by atoms with van der Waals surface area (Å²) in [5, 5.41) is 3.52. The molecule has 0 spiro atoms. The number of fused-ring (bicyclic) bond motifs is 1. The Morgan fingerprint density at radius 1 is 1.00 bits per heavy atom. The monoisotopic (exact) mass is 329 g/mol. The molecule has 5 nitrogen and oxygen atoms in total. The van der Waals surface area contributed by atoms with Crippen molar-refractivity contribution in [3.05, 3.63) is 47.5 Å². The van der Waals surface area contributed by atoms with Crippen LogP contribution < -0.4 is 24.3 Å². The van der Waals surface area contributed by atoms with Gasteiger partial charge in [0.2, 0.25) is 0 Å². The van der Waals surface area contributed by atoms with Crippen LogP contribution in [0.25, 0.3) is 0 Å². The quantitative estimate of drug-likeness (QED) is 0.881. The lowest BCUT2D eigenvalue weighted by atomic mass is 10.1. The second-order valence-corrected chi connectivity index (χ2v) is 5.69. The van der Waals surface area contributed by atoms with Crippen molar-refractivity contribution in [2.45, 2.75) is 19.5 Å². The SMILES string of the molecule is COc1ccc([C@H](C)NCc2ccc3c(c2)OCCO3)c(OC)c1. The summed E-state index contributed by atoms with van der Waals surface area (Å²) < 4.78 is 21.9. The molecule has 24 heavy (non-hydrogen) atoms. The summed E-state index contributed by atoms with van der Waals surface area (Å²) in [6.45, 7) is 4.05. The predicted octanol–water partition coefficient (Wildman–Crippen LogP) is 3.33. The minimum Gasteiger partial charge on any atom is -0.497 e. The largest absolute Gasteiger partial charge is 0.497 e. The molecule has 0 fully saturated rings. The number of hydrogen-bond acceptors (Lipinski definition) is 5. The average Bonchev–Trinajstić information content (AvgIpc) is 2.65. The van der Waals surface area contributed by atoms with Gasteiger partial charge in [-0.1, -0.05) is 12.1 Å². The molecule has 2 aromatic rings. The standard InChI is InChI=1S/C19H23NO4/c1-13(16-6-5-15(21-2)11-18(16)22-3)20-12-14-4-7-17-19(10-14)24-9-8-23-17/h4-7,10-11,13,20H,8-9,12H2,1-3H3/t13-/m0/s1. The van der Waals surface area contributed by atoms with Crippen molar-refractivity contribution >= 4 is 0 Å². The van der Waals surface area contributed by atoms with Gasteiger partial charge in [-0.25, -0.2) is 0 Å². The van der Waals surface area contributed by atoms with Gasteiger partial charge in [0, 0.05) is 24.2 Å². The Labute approximate surface area is 142 Å². The fourth-order valence-corrected chi connectivity index (χ4v) is 2.75. The predicted molar refractivity (Wildman–Crippen MR) is 92.2 cm³/mol. The van der Waals surface area contributed by atoms with Crippen LogP contribution in [0.15, 0.2) is 36.4 Å². The molecule has 0 saturated carbocycles. The third-order valence-corrected chi connectivity index (χ3v) is 4.13. The fourth-order valence-electron chi connectivity index (χ4n) is 2.75. The van der Waals surface area contributed by atoms with Crippen molar-refractivity contribution < 1.29 is 18.9 Å². The zero-order valence-corrected chi connectivity index (χ0v) is 14.3. The number of hydrogen-bond donors (Lipinski definition) is 1. The molecule has 0 aliphatic carbocycles. The molecule has 0 aromatic heterocycles. The van der Waals surface area contributed by atoms with Crippen molar-refractivity contribution in [1.29, 1.82) is 0 Å². The molecular formula is C19H23NO4. The number of benzene rings is 2. The van der Waals surface area contributed by atoms with Gasteiger partial charge in [-0.2, -0.15) is 0 Å². The zero-order valence-electron chi connectivity index (χ0n) is 14.3. The molecule has 128 valence electrons. The highest BCUT2D eigenvalue weighted by Crippen LogP contribution is 2.32. The van der Waals surface area contributed by atoms with E-state index >= 15 is 0 Å². The number of rotatable bonds is 6. The molecule has 3 rings (SSSR count). The summed E-state index contributed by atoms with van der Waals surface area (Å²) in [7, 11) is 3.32. The Morgan fingerprint density at radius 2 is 1.79 bits per heavy atom. The molecule has 0 radical (unpaired) electrons. The van der Waals surface area contributed by atoms with Crippen molar-refractivity contribution in [3.63, 3.8) is 0 Å². The molecule has 0 saturated heterocycles. The van der Waals surface area contributed by atoms with Gasteiger partial charge in [-0.05, 0) is 30.7 Å². The van der Waals surface area contributed by atoms with Crippen LogP contribution in [-0.2, 0) is 6.54 Å². The van der Waals surface area contributed by atoms with Gasteiger partial charge >= 0.3 is 0 Å². The second-order valence-electron chi connectivity index (χ2n) is 5.69. The van der Waals surface area contributed by atoms with Crippen LogP contribution in [-0.4, -0.2) is 27.4 Å². The Kier molecular flexibility index (Phi) is 5.11. The molecule has 0 amide bonds. The number of nitrogens with one attached hydrogen (secondary N) is 1.